The number of nitrogens with one attached hydrogen (secondary N) is 1. The molecule has 0 aromatic heterocycles. The Hall–Kier alpha value is -1.76. The molecular weight excluding hydrogens is 348 g/mol. The summed E-state index contributed by atoms with van der Waals surface area (Å²) >= 11 is 6.03. The van der Waals surface area contributed by atoms with Gasteiger partial charge >= 0.3 is 0 Å². The van der Waals surface area contributed by atoms with E-state index in [-0.39, 0.29) is 5.75 Å². The number of rotatable bonds is 5. The first-order chi connectivity index (χ1) is 11.5. The summed E-state index contributed by atoms with van der Waals surface area (Å²) in [4.78, 5) is 2.21. The second kappa shape index (κ2) is 7.42. The number of hydrogen-bond acceptors (Lipinski definition) is 4. The number of halogens is 1. The summed E-state index contributed by atoms with van der Waals surface area (Å²) in [6.45, 7) is 3.12. The third kappa shape index (κ3) is 4.41. The lowest BCUT2D eigenvalue weighted by molar-refractivity contribution is 0.122. The highest BCUT2D eigenvalue weighted by Gasteiger charge is 2.15. The number of anilines is 2. The van der Waals surface area contributed by atoms with Crippen molar-refractivity contribution in [2.24, 2.45) is 0 Å². The molecule has 2 aromatic rings. The maximum atomic E-state index is 12.3. The van der Waals surface area contributed by atoms with E-state index in [9.17, 15) is 8.42 Å². The smallest absolute Gasteiger partial charge is 0.236 e. The summed E-state index contributed by atoms with van der Waals surface area (Å²) < 4.78 is 32.6. The highest BCUT2D eigenvalue weighted by molar-refractivity contribution is 7.91. The minimum atomic E-state index is -3.52. The minimum Gasteiger partial charge on any atom is -0.378 e. The summed E-state index contributed by atoms with van der Waals surface area (Å²) in [5.41, 5.74) is 2.18. The third-order valence-electron chi connectivity index (χ3n) is 3.82. The Balaban J connectivity index is 1.67. The molecule has 0 amide bonds. The molecule has 3 rings (SSSR count). The Morgan fingerprint density at radius 3 is 2.38 bits per heavy atom. The van der Waals surface area contributed by atoms with E-state index in [2.05, 4.69) is 9.62 Å². The molecule has 5 nitrogen and oxygen atoms in total. The Labute approximate surface area is 147 Å². The number of benzene rings is 2. The number of sulfonamides is 1. The van der Waals surface area contributed by atoms with Crippen LogP contribution in [0.5, 0.6) is 0 Å². The van der Waals surface area contributed by atoms with E-state index in [4.69, 9.17) is 16.3 Å². The molecule has 1 saturated heterocycles. The SMILES string of the molecule is O=S(=O)(Cc1ccccc1Cl)Nc1ccc(N2CCOCC2)cc1. The highest BCUT2D eigenvalue weighted by atomic mass is 35.5. The van der Waals surface area contributed by atoms with Crippen LogP contribution in [0.3, 0.4) is 0 Å². The number of ether oxygens (including phenoxy) is 1. The number of nitrogens with zero attached hydrogens (tertiary/aromatic N) is 1. The van der Waals surface area contributed by atoms with Gasteiger partial charge < -0.3 is 9.64 Å². The van der Waals surface area contributed by atoms with Crippen molar-refractivity contribution < 1.29 is 13.2 Å². The molecule has 7 heteroatoms. The van der Waals surface area contributed by atoms with E-state index in [1.165, 1.54) is 0 Å². The topological polar surface area (TPSA) is 58.6 Å². The number of hydrogen-bond donors (Lipinski definition) is 1. The number of morpholine rings is 1. The zero-order valence-electron chi connectivity index (χ0n) is 13.1. The van der Waals surface area contributed by atoms with Crippen molar-refractivity contribution in [3.05, 3.63) is 59.1 Å². The average molecular weight is 367 g/mol. The second-order valence-corrected chi connectivity index (χ2v) is 7.73. The molecule has 2 aromatic carbocycles. The lowest BCUT2D eigenvalue weighted by Crippen LogP contribution is -2.36. The van der Waals surface area contributed by atoms with Crippen LogP contribution in [-0.2, 0) is 20.5 Å². The van der Waals surface area contributed by atoms with Crippen LogP contribution in [0.1, 0.15) is 5.56 Å². The Morgan fingerprint density at radius 1 is 1.04 bits per heavy atom. The van der Waals surface area contributed by atoms with Crippen LogP contribution in [-0.4, -0.2) is 34.7 Å². The van der Waals surface area contributed by atoms with Crippen molar-refractivity contribution in [1.82, 2.24) is 0 Å². The molecule has 0 radical (unpaired) electrons. The largest absolute Gasteiger partial charge is 0.378 e. The molecule has 1 aliphatic heterocycles. The molecule has 1 N–H and O–H groups in total. The van der Waals surface area contributed by atoms with E-state index in [0.29, 0.717) is 29.5 Å². The van der Waals surface area contributed by atoms with Crippen LogP contribution >= 0.6 is 11.6 Å². The molecule has 1 heterocycles. The van der Waals surface area contributed by atoms with Gasteiger partial charge in [0.05, 0.1) is 19.0 Å². The van der Waals surface area contributed by atoms with Crippen LogP contribution in [0.4, 0.5) is 11.4 Å². The summed E-state index contributed by atoms with van der Waals surface area (Å²) in [5.74, 6) is -0.155. The van der Waals surface area contributed by atoms with Gasteiger partial charge in [-0.25, -0.2) is 8.42 Å². The molecule has 0 aliphatic carbocycles. The van der Waals surface area contributed by atoms with Crippen molar-refractivity contribution in [3.63, 3.8) is 0 Å². The molecule has 0 atom stereocenters. The van der Waals surface area contributed by atoms with Crippen molar-refractivity contribution in [1.29, 1.82) is 0 Å². The first-order valence-electron chi connectivity index (χ1n) is 7.70. The molecule has 0 saturated carbocycles. The maximum Gasteiger partial charge on any atom is 0.236 e. The third-order valence-corrected chi connectivity index (χ3v) is 5.43. The molecule has 1 aliphatic rings. The van der Waals surface area contributed by atoms with Gasteiger partial charge in [0.15, 0.2) is 0 Å². The molecule has 128 valence electrons. The second-order valence-electron chi connectivity index (χ2n) is 5.60. The van der Waals surface area contributed by atoms with Crippen LogP contribution < -0.4 is 9.62 Å². The zero-order valence-corrected chi connectivity index (χ0v) is 14.7. The predicted octanol–water partition coefficient (Wildman–Crippen LogP) is 3.12. The summed E-state index contributed by atoms with van der Waals surface area (Å²) in [5, 5.41) is 0.450. The van der Waals surface area contributed by atoms with E-state index < -0.39 is 10.0 Å². The fraction of sp³-hybridized carbons (Fsp3) is 0.294. The van der Waals surface area contributed by atoms with Crippen molar-refractivity contribution in [2.75, 3.05) is 35.9 Å². The van der Waals surface area contributed by atoms with Crippen LogP contribution in [0.2, 0.25) is 5.02 Å². The van der Waals surface area contributed by atoms with Crippen LogP contribution in [0.15, 0.2) is 48.5 Å². The predicted molar refractivity (Wildman–Crippen MR) is 97.2 cm³/mol. The van der Waals surface area contributed by atoms with E-state index in [1.54, 1.807) is 36.4 Å². The lowest BCUT2D eigenvalue weighted by atomic mass is 10.2. The van der Waals surface area contributed by atoms with E-state index in [0.717, 1.165) is 18.8 Å². The van der Waals surface area contributed by atoms with Crippen molar-refractivity contribution in [2.45, 2.75) is 5.75 Å². The van der Waals surface area contributed by atoms with Gasteiger partial charge in [-0.15, -0.1) is 0 Å². The minimum absolute atomic E-state index is 0.155. The average Bonchev–Trinajstić information content (AvgIpc) is 2.58. The quantitative estimate of drug-likeness (QED) is 0.883. The van der Waals surface area contributed by atoms with E-state index >= 15 is 0 Å². The van der Waals surface area contributed by atoms with E-state index in [1.807, 2.05) is 12.1 Å². The van der Waals surface area contributed by atoms with Gasteiger partial charge in [-0.05, 0) is 35.9 Å². The molecular formula is C17H19ClN2O3S. The fourth-order valence-corrected chi connectivity index (χ4v) is 4.11. The lowest BCUT2D eigenvalue weighted by Gasteiger charge is -2.28. The maximum absolute atomic E-state index is 12.3. The Morgan fingerprint density at radius 2 is 1.71 bits per heavy atom. The van der Waals surface area contributed by atoms with Gasteiger partial charge in [0.1, 0.15) is 0 Å². The van der Waals surface area contributed by atoms with Crippen molar-refractivity contribution >= 4 is 33.0 Å². The van der Waals surface area contributed by atoms with Gasteiger partial charge in [0.25, 0.3) is 0 Å². The summed E-state index contributed by atoms with van der Waals surface area (Å²) in [6, 6.07) is 14.3. The zero-order chi connectivity index (χ0) is 17.0. The fourth-order valence-electron chi connectivity index (χ4n) is 2.60. The van der Waals surface area contributed by atoms with Gasteiger partial charge in [-0.2, -0.15) is 0 Å². The molecule has 0 bridgehead atoms. The van der Waals surface area contributed by atoms with Gasteiger partial charge in [0.2, 0.25) is 10.0 Å². The Kier molecular flexibility index (Phi) is 5.28. The normalized spacial score (nSPS) is 15.3. The molecule has 0 unspecified atom stereocenters. The summed E-state index contributed by atoms with van der Waals surface area (Å²) in [7, 11) is -3.52. The van der Waals surface area contributed by atoms with Gasteiger partial charge in [0, 0.05) is 29.5 Å². The highest BCUT2D eigenvalue weighted by Crippen LogP contribution is 2.22. The van der Waals surface area contributed by atoms with Crippen molar-refractivity contribution in [3.8, 4) is 0 Å². The molecule has 0 spiro atoms. The Bertz CT molecular complexity index is 788. The molecule has 24 heavy (non-hydrogen) atoms. The monoisotopic (exact) mass is 366 g/mol. The first kappa shape index (κ1) is 17.1. The van der Waals surface area contributed by atoms with Gasteiger partial charge in [-0.1, -0.05) is 29.8 Å². The van der Waals surface area contributed by atoms with Gasteiger partial charge in [-0.3, -0.25) is 4.72 Å². The summed E-state index contributed by atoms with van der Waals surface area (Å²) in [6.07, 6.45) is 0. The molecule has 1 fully saturated rings. The van der Waals surface area contributed by atoms with Crippen LogP contribution in [0, 0.1) is 0 Å². The van der Waals surface area contributed by atoms with Crippen LogP contribution in [0.25, 0.3) is 0 Å². The standard InChI is InChI=1S/C17H19ClN2O3S/c18-17-4-2-1-3-14(17)13-24(21,22)19-15-5-7-16(8-6-15)20-9-11-23-12-10-20/h1-8,19H,9-13H2. The first-order valence-corrected chi connectivity index (χ1v) is 9.73.